The number of nitrogens with one attached hydrogen (secondary N) is 1. The van der Waals surface area contributed by atoms with Gasteiger partial charge in [0.1, 0.15) is 12.4 Å². The molecular formula is C36H41N7O8Si. The average Bonchev–Trinajstić information content (AvgIpc) is 3.49. The van der Waals surface area contributed by atoms with Gasteiger partial charge in [-0.2, -0.15) is 0 Å². The lowest BCUT2D eigenvalue weighted by Crippen LogP contribution is -2.52. The van der Waals surface area contributed by atoms with Gasteiger partial charge in [0, 0.05) is 55.1 Å². The van der Waals surface area contributed by atoms with Gasteiger partial charge in [-0.25, -0.2) is 30.0 Å². The van der Waals surface area contributed by atoms with Crippen LogP contribution in [0, 0.1) is 0 Å². The van der Waals surface area contributed by atoms with Crippen LogP contribution in [0.15, 0.2) is 41.5 Å². The summed E-state index contributed by atoms with van der Waals surface area (Å²) in [4.78, 5) is 68.8. The number of rotatable bonds is 5. The van der Waals surface area contributed by atoms with Crippen molar-refractivity contribution >= 4 is 48.1 Å². The zero-order chi connectivity index (χ0) is 37.3. The van der Waals surface area contributed by atoms with E-state index in [1.807, 2.05) is 17.0 Å². The first-order valence-corrected chi connectivity index (χ1v) is 20.2. The molecule has 1 aromatic carbocycles. The Morgan fingerprint density at radius 2 is 1.77 bits per heavy atom. The Morgan fingerprint density at radius 3 is 2.40 bits per heavy atom. The zero-order valence-electron chi connectivity index (χ0n) is 29.9. The Hall–Kier alpha value is -5.19. The number of ether oxygens (including phenoxy) is 2. The predicted molar refractivity (Wildman–Crippen MR) is 192 cm³/mol. The second-order valence-corrected chi connectivity index (χ2v) is 20.3. The largest absolute Gasteiger partial charge is 0.458 e. The fourth-order valence-corrected chi connectivity index (χ4v) is 9.43. The zero-order valence-corrected chi connectivity index (χ0v) is 30.9. The highest BCUT2D eigenvalue weighted by molar-refractivity contribution is 6.94. The lowest BCUT2D eigenvalue weighted by atomic mass is 9.86. The normalized spacial score (nSPS) is 18.4. The van der Waals surface area contributed by atoms with Crippen molar-refractivity contribution in [3.63, 3.8) is 0 Å². The monoisotopic (exact) mass is 727 g/mol. The molecule has 3 aliphatic rings. The molecule has 0 unspecified atom stereocenters. The van der Waals surface area contributed by atoms with Gasteiger partial charge in [0.15, 0.2) is 5.60 Å². The van der Waals surface area contributed by atoms with Crippen LogP contribution in [-0.2, 0) is 28.3 Å². The average molecular weight is 728 g/mol. The molecule has 0 radical (unpaired) electrons. The molecule has 1 saturated heterocycles. The van der Waals surface area contributed by atoms with E-state index in [1.165, 1.54) is 12.4 Å². The van der Waals surface area contributed by atoms with E-state index in [4.69, 9.17) is 19.7 Å². The van der Waals surface area contributed by atoms with Crippen LogP contribution in [0.2, 0.25) is 18.1 Å². The van der Waals surface area contributed by atoms with Crippen molar-refractivity contribution < 1.29 is 34.2 Å². The lowest BCUT2D eigenvalue weighted by Gasteiger charge is -2.39. The van der Waals surface area contributed by atoms with Gasteiger partial charge in [0.05, 0.1) is 42.7 Å². The molecule has 4 aromatic rings. The van der Waals surface area contributed by atoms with Crippen LogP contribution in [0.25, 0.3) is 22.3 Å². The molecule has 2 amide bonds. The first-order chi connectivity index (χ1) is 24.6. The van der Waals surface area contributed by atoms with Crippen LogP contribution < -0.4 is 25.9 Å². The van der Waals surface area contributed by atoms with Gasteiger partial charge >= 0.3 is 12.1 Å². The molecule has 0 spiro atoms. The molecule has 0 aliphatic carbocycles. The third kappa shape index (κ3) is 5.52. The molecule has 1 fully saturated rings. The first-order valence-electron chi connectivity index (χ1n) is 17.2. The van der Waals surface area contributed by atoms with E-state index in [0.29, 0.717) is 54.8 Å². The second-order valence-electron chi connectivity index (χ2n) is 15.0. The molecule has 1 atom stereocenters. The highest BCUT2D eigenvalue weighted by Gasteiger charge is 2.46. The number of carbonyl (C=O) groups excluding carboxylic acids is 3. The summed E-state index contributed by atoms with van der Waals surface area (Å²) in [6, 6.07) is 7.36. The Labute approximate surface area is 300 Å². The van der Waals surface area contributed by atoms with E-state index in [0.717, 1.165) is 16.1 Å². The van der Waals surface area contributed by atoms with Crippen molar-refractivity contribution in [1.29, 1.82) is 0 Å². The number of aromatic nitrogens is 4. The summed E-state index contributed by atoms with van der Waals surface area (Å²) in [5, 5.41) is 21.8. The summed E-state index contributed by atoms with van der Waals surface area (Å²) in [7, 11) is -2.41. The number of hydrogen-bond acceptors (Lipinski definition) is 12. The number of hydroxylamine groups is 1. The third-order valence-electron chi connectivity index (χ3n) is 11.2. The topological polar surface area (TPSA) is 189 Å². The number of pyridine rings is 2. The van der Waals surface area contributed by atoms with E-state index in [-0.39, 0.29) is 46.9 Å². The van der Waals surface area contributed by atoms with Gasteiger partial charge in [-0.1, -0.05) is 40.8 Å². The number of carbonyl (C=O) groups is 3. The summed E-state index contributed by atoms with van der Waals surface area (Å²) >= 11 is 0. The number of esters is 1. The Kier molecular flexibility index (Phi) is 8.46. The van der Waals surface area contributed by atoms with Crippen molar-refractivity contribution in [2.45, 2.75) is 71.0 Å². The van der Waals surface area contributed by atoms with Gasteiger partial charge in [0.25, 0.3) is 11.5 Å². The van der Waals surface area contributed by atoms with Crippen molar-refractivity contribution in [3.05, 3.63) is 69.3 Å². The number of anilines is 1. The minimum absolute atomic E-state index is 0.0579. The van der Waals surface area contributed by atoms with Crippen LogP contribution in [0.3, 0.4) is 0 Å². The summed E-state index contributed by atoms with van der Waals surface area (Å²) in [5.41, 5.74) is 2.58. The maximum Gasteiger partial charge on any atom is 0.415 e. The smallest absolute Gasteiger partial charge is 0.415 e. The molecule has 0 saturated carbocycles. The predicted octanol–water partition coefficient (Wildman–Crippen LogP) is 3.03. The van der Waals surface area contributed by atoms with Gasteiger partial charge in [-0.3, -0.25) is 14.8 Å². The molecule has 3 aromatic heterocycles. The van der Waals surface area contributed by atoms with E-state index in [9.17, 15) is 24.3 Å². The highest BCUT2D eigenvalue weighted by Crippen LogP contribution is 2.42. The van der Waals surface area contributed by atoms with Crippen molar-refractivity contribution in [2.75, 3.05) is 31.1 Å². The molecule has 6 heterocycles. The van der Waals surface area contributed by atoms with E-state index in [1.54, 1.807) is 34.0 Å². The van der Waals surface area contributed by atoms with Crippen molar-refractivity contribution in [1.82, 2.24) is 29.9 Å². The summed E-state index contributed by atoms with van der Waals surface area (Å²) in [5.74, 6) is -0.593. The van der Waals surface area contributed by atoms with Crippen LogP contribution in [-0.4, -0.2) is 87.0 Å². The second kappa shape index (κ2) is 12.5. The molecule has 16 heteroatoms. The number of nitrogens with zero attached hydrogens (tertiary/aromatic N) is 6. The summed E-state index contributed by atoms with van der Waals surface area (Å²) < 4.78 is 13.1. The molecule has 0 bridgehead atoms. The minimum Gasteiger partial charge on any atom is -0.458 e. The highest BCUT2D eigenvalue weighted by atomic mass is 28.3. The first kappa shape index (κ1) is 35.2. The van der Waals surface area contributed by atoms with Crippen LogP contribution in [0.4, 0.5) is 10.7 Å². The number of benzene rings is 1. The van der Waals surface area contributed by atoms with E-state index >= 15 is 0 Å². The molecule has 272 valence electrons. The fourth-order valence-electron chi connectivity index (χ4n) is 7.05. The Morgan fingerprint density at radius 1 is 1.08 bits per heavy atom. The van der Waals surface area contributed by atoms with Crippen molar-refractivity contribution in [3.8, 4) is 17.1 Å². The quantitative estimate of drug-likeness (QED) is 0.104. The molecular weight excluding hydrogens is 687 g/mol. The standard InChI is InChI=1S/C36H41N7O8Si/c1-7-36(48)24-15-26-28-20(18-43(26)31(45)23(24)19-50-32(36)46)14-22-25(39-28)8-9-27(29(22)52(5,6)35(2,3)4)51-34(47)42-12-10-41(11-13-42)33-37-16-21(17-38-33)30(44)40-49/h8-9,14-17,48-49H,7,10-13,18-19H2,1-6H3,(H,40,44)/t36-/m0/s1. The van der Waals surface area contributed by atoms with Crippen LogP contribution in [0.5, 0.6) is 5.75 Å². The van der Waals surface area contributed by atoms with Crippen LogP contribution >= 0.6 is 0 Å². The van der Waals surface area contributed by atoms with Gasteiger partial charge in [-0.05, 0) is 40.9 Å². The van der Waals surface area contributed by atoms with Crippen LogP contribution in [0.1, 0.15) is 61.2 Å². The SMILES string of the molecule is CC[C@@]1(O)C(=O)OCc2c1cc1n(c2=O)Cc2cc3c([Si](C)(C)C(C)(C)C)c(OC(=O)N4CCN(c5ncc(C(=O)NO)cn5)CC4)ccc3nc2-1. The number of aliphatic hydroxyl groups is 1. The number of piperazine rings is 1. The van der Waals surface area contributed by atoms with Gasteiger partial charge < -0.3 is 28.9 Å². The Bertz CT molecular complexity index is 2210. The van der Waals surface area contributed by atoms with Gasteiger partial charge in [-0.15, -0.1) is 0 Å². The lowest BCUT2D eigenvalue weighted by molar-refractivity contribution is -0.172. The number of fused-ring (bicyclic) bond motifs is 5. The maximum atomic E-state index is 13.8. The van der Waals surface area contributed by atoms with E-state index in [2.05, 4.69) is 43.8 Å². The fraction of sp³-hybridized carbons (Fsp3) is 0.417. The maximum absolute atomic E-state index is 13.8. The summed E-state index contributed by atoms with van der Waals surface area (Å²) in [6.07, 6.45) is 2.24. The number of cyclic esters (lactones) is 1. The third-order valence-corrected chi connectivity index (χ3v) is 16.7. The molecule has 3 N–H and O–H groups in total. The molecule has 15 nitrogen and oxygen atoms in total. The van der Waals surface area contributed by atoms with Gasteiger partial charge in [0.2, 0.25) is 5.95 Å². The molecule has 7 rings (SSSR count). The number of hydrogen-bond donors (Lipinski definition) is 3. The Balaban J connectivity index is 1.21. The molecule has 52 heavy (non-hydrogen) atoms. The van der Waals surface area contributed by atoms with E-state index < -0.39 is 31.6 Å². The number of amides is 2. The van der Waals surface area contributed by atoms with Crippen molar-refractivity contribution in [2.24, 2.45) is 0 Å². The molecule has 3 aliphatic heterocycles. The summed E-state index contributed by atoms with van der Waals surface area (Å²) in [6.45, 7) is 14.4. The minimum atomic E-state index is -2.41.